The van der Waals surface area contributed by atoms with Crippen molar-refractivity contribution in [3.63, 3.8) is 0 Å². The van der Waals surface area contributed by atoms with Crippen molar-refractivity contribution in [1.29, 1.82) is 0 Å². The number of para-hydroxylation sites is 1. The van der Waals surface area contributed by atoms with Crippen molar-refractivity contribution >= 4 is 50.0 Å². The molecule has 0 saturated heterocycles. The van der Waals surface area contributed by atoms with E-state index in [2.05, 4.69) is 10.1 Å². The van der Waals surface area contributed by atoms with Crippen molar-refractivity contribution in [1.82, 2.24) is 24.5 Å². The number of amides is 1. The topological polar surface area (TPSA) is 147 Å². The third-order valence-corrected chi connectivity index (χ3v) is 9.63. The first-order chi connectivity index (χ1) is 20.7. The highest BCUT2D eigenvalue weighted by Crippen LogP contribution is 2.33. The highest BCUT2D eigenvalue weighted by molar-refractivity contribution is 7.89. The Morgan fingerprint density at radius 3 is 2.58 bits per heavy atom. The molecule has 2 aromatic heterocycles. The number of H-pyrrole nitrogens is 1. The minimum atomic E-state index is -4.31. The average molecular weight is 641 g/mol. The molecule has 6 rings (SSSR count). The zero-order valence-electron chi connectivity index (χ0n) is 22.2. The summed E-state index contributed by atoms with van der Waals surface area (Å²) < 4.78 is 35.4. The number of carbonyl (C=O) groups is 1. The van der Waals surface area contributed by atoms with E-state index in [-0.39, 0.29) is 35.8 Å². The summed E-state index contributed by atoms with van der Waals surface area (Å²) in [6.07, 6.45) is 0.114. The van der Waals surface area contributed by atoms with E-state index >= 15 is 0 Å². The van der Waals surface area contributed by atoms with Gasteiger partial charge in [0.15, 0.2) is 5.82 Å². The van der Waals surface area contributed by atoms with Crippen LogP contribution in [0.5, 0.6) is 5.75 Å². The van der Waals surface area contributed by atoms with Crippen LogP contribution < -0.4 is 15.8 Å². The Bertz CT molecular complexity index is 2030. The number of aromatic amines is 1. The van der Waals surface area contributed by atoms with Crippen molar-refractivity contribution in [3.8, 4) is 11.6 Å². The molecule has 0 spiro atoms. The van der Waals surface area contributed by atoms with E-state index in [0.29, 0.717) is 32.6 Å². The largest absolute Gasteiger partial charge is 0.489 e. The van der Waals surface area contributed by atoms with Gasteiger partial charge in [-0.15, -0.1) is 0 Å². The van der Waals surface area contributed by atoms with Gasteiger partial charge in [-0.05, 0) is 54.6 Å². The summed E-state index contributed by atoms with van der Waals surface area (Å²) in [6, 6.07) is 19.8. The average Bonchev–Trinajstić information content (AvgIpc) is 3.36. The van der Waals surface area contributed by atoms with Crippen LogP contribution in [-0.4, -0.2) is 45.1 Å². The number of carbonyl (C=O) groups excluding carboxylic acids is 1. The standard InChI is InChI=1S/C29H23Cl2N5O6S/c30-19-7-5-18(22(31)15-19)16-42-20-8-10-21(11-9-20)43(40,41)35-14-13-24-26(27(35)28(37)34-39)29(38)36(33-24)25-12-6-17-3-1-2-4-23(17)32-25/h1-12,15,27,33,39H,13-14,16H2,(H,34,37)/t27-/m1/s1. The Kier molecular flexibility index (Phi) is 7.71. The van der Waals surface area contributed by atoms with Gasteiger partial charge in [0.2, 0.25) is 10.0 Å². The lowest BCUT2D eigenvalue weighted by Gasteiger charge is -2.32. The Morgan fingerprint density at radius 2 is 1.84 bits per heavy atom. The van der Waals surface area contributed by atoms with E-state index in [9.17, 15) is 23.2 Å². The van der Waals surface area contributed by atoms with Gasteiger partial charge in [-0.25, -0.2) is 23.6 Å². The van der Waals surface area contributed by atoms with Crippen LogP contribution in [0.4, 0.5) is 0 Å². The van der Waals surface area contributed by atoms with Gasteiger partial charge >= 0.3 is 0 Å². The lowest BCUT2D eigenvalue weighted by Crippen LogP contribution is -2.48. The highest BCUT2D eigenvalue weighted by atomic mass is 35.5. The minimum Gasteiger partial charge on any atom is -0.489 e. The summed E-state index contributed by atoms with van der Waals surface area (Å²) in [6.45, 7) is -0.00653. The number of sulfonamides is 1. The van der Waals surface area contributed by atoms with Crippen LogP contribution in [0.3, 0.4) is 0 Å². The number of benzene rings is 3. The van der Waals surface area contributed by atoms with Crippen molar-refractivity contribution in [2.75, 3.05) is 6.54 Å². The van der Waals surface area contributed by atoms with E-state index in [0.717, 1.165) is 9.69 Å². The van der Waals surface area contributed by atoms with Gasteiger partial charge < -0.3 is 4.74 Å². The van der Waals surface area contributed by atoms with Crippen LogP contribution in [0.25, 0.3) is 16.7 Å². The van der Waals surface area contributed by atoms with Crippen LogP contribution in [0, 0.1) is 0 Å². The van der Waals surface area contributed by atoms with Crippen molar-refractivity contribution in [3.05, 3.63) is 116 Å². The summed E-state index contributed by atoms with van der Waals surface area (Å²) in [7, 11) is -4.31. The lowest BCUT2D eigenvalue weighted by atomic mass is 10.0. The molecular weight excluding hydrogens is 617 g/mol. The maximum atomic E-state index is 13.8. The third-order valence-electron chi connectivity index (χ3n) is 7.16. The zero-order valence-corrected chi connectivity index (χ0v) is 24.5. The molecule has 1 amide bonds. The van der Waals surface area contributed by atoms with Gasteiger partial charge in [-0.3, -0.25) is 19.9 Å². The van der Waals surface area contributed by atoms with Gasteiger partial charge in [-0.2, -0.15) is 4.31 Å². The summed E-state index contributed by atoms with van der Waals surface area (Å²) in [5.41, 5.74) is 2.47. The molecule has 1 aliphatic heterocycles. The quantitative estimate of drug-likeness (QED) is 0.177. The van der Waals surface area contributed by atoms with E-state index in [1.54, 1.807) is 36.4 Å². The Labute approximate surface area is 255 Å². The number of rotatable bonds is 7. The van der Waals surface area contributed by atoms with Gasteiger partial charge in [-0.1, -0.05) is 47.5 Å². The highest BCUT2D eigenvalue weighted by Gasteiger charge is 2.44. The van der Waals surface area contributed by atoms with E-state index in [4.69, 9.17) is 27.9 Å². The molecule has 14 heteroatoms. The molecule has 5 aromatic rings. The molecule has 3 heterocycles. The predicted octanol–water partition coefficient (Wildman–Crippen LogP) is 4.39. The maximum Gasteiger partial charge on any atom is 0.278 e. The van der Waals surface area contributed by atoms with Crippen LogP contribution in [0.2, 0.25) is 10.0 Å². The molecule has 3 aromatic carbocycles. The first-order valence-electron chi connectivity index (χ1n) is 13.0. The van der Waals surface area contributed by atoms with Gasteiger partial charge in [0.05, 0.1) is 16.0 Å². The predicted molar refractivity (Wildman–Crippen MR) is 159 cm³/mol. The molecule has 0 aliphatic carbocycles. The zero-order chi connectivity index (χ0) is 30.3. The fourth-order valence-corrected chi connectivity index (χ4v) is 7.05. The number of hydrogen-bond acceptors (Lipinski definition) is 7. The van der Waals surface area contributed by atoms with Crippen molar-refractivity contribution in [2.24, 2.45) is 0 Å². The first-order valence-corrected chi connectivity index (χ1v) is 15.2. The number of ether oxygens (including phenoxy) is 1. The fraction of sp³-hybridized carbons (Fsp3) is 0.138. The molecule has 1 aliphatic rings. The Balaban J connectivity index is 1.30. The Hall–Kier alpha value is -4.20. The van der Waals surface area contributed by atoms with Crippen LogP contribution >= 0.6 is 23.2 Å². The van der Waals surface area contributed by atoms with Crippen LogP contribution in [-0.2, 0) is 27.8 Å². The number of hydroxylamine groups is 1. The molecule has 220 valence electrons. The fourth-order valence-electron chi connectivity index (χ4n) is 5.03. The number of aromatic nitrogens is 3. The molecular formula is C29H23Cl2N5O6S. The van der Waals surface area contributed by atoms with E-state index < -0.39 is 27.5 Å². The number of pyridine rings is 1. The molecule has 1 atom stereocenters. The van der Waals surface area contributed by atoms with Gasteiger partial charge in [0.1, 0.15) is 18.4 Å². The van der Waals surface area contributed by atoms with Gasteiger partial charge in [0.25, 0.3) is 11.5 Å². The molecule has 0 bridgehead atoms. The second-order valence-electron chi connectivity index (χ2n) is 9.75. The van der Waals surface area contributed by atoms with Crippen LogP contribution in [0.15, 0.2) is 88.6 Å². The normalized spacial score (nSPS) is 15.3. The number of nitrogens with zero attached hydrogens (tertiary/aromatic N) is 3. The number of halogens is 2. The van der Waals surface area contributed by atoms with E-state index in [1.807, 2.05) is 18.2 Å². The summed E-state index contributed by atoms with van der Waals surface area (Å²) in [4.78, 5) is 31.0. The SMILES string of the molecule is O=C(NO)[C@H]1c2c([nH]n(-c3ccc4ccccc4n3)c2=O)CCN1S(=O)(=O)c1ccc(OCc2ccc(Cl)cc2Cl)cc1. The molecule has 43 heavy (non-hydrogen) atoms. The van der Waals surface area contributed by atoms with Crippen LogP contribution in [0.1, 0.15) is 22.9 Å². The lowest BCUT2D eigenvalue weighted by molar-refractivity contribution is -0.133. The molecule has 11 nitrogen and oxygen atoms in total. The summed E-state index contributed by atoms with van der Waals surface area (Å²) in [5, 5.41) is 14.3. The monoisotopic (exact) mass is 639 g/mol. The molecule has 0 unspecified atom stereocenters. The second kappa shape index (κ2) is 11.5. The van der Waals surface area contributed by atoms with Crippen molar-refractivity contribution in [2.45, 2.75) is 24.0 Å². The first kappa shape index (κ1) is 28.9. The Morgan fingerprint density at radius 1 is 1.07 bits per heavy atom. The third kappa shape index (κ3) is 5.39. The number of fused-ring (bicyclic) bond motifs is 2. The summed E-state index contributed by atoms with van der Waals surface area (Å²) >= 11 is 12.1. The second-order valence-corrected chi connectivity index (χ2v) is 12.5. The molecule has 0 fully saturated rings. The van der Waals surface area contributed by atoms with E-state index in [1.165, 1.54) is 34.4 Å². The number of nitrogens with one attached hydrogen (secondary N) is 2. The summed E-state index contributed by atoms with van der Waals surface area (Å²) in [5.74, 6) is -0.419. The van der Waals surface area contributed by atoms with Gasteiger partial charge in [0, 0.05) is 39.7 Å². The number of hydrogen-bond donors (Lipinski definition) is 3. The molecule has 0 saturated carbocycles. The molecule has 3 N–H and O–H groups in total. The smallest absolute Gasteiger partial charge is 0.278 e. The minimum absolute atomic E-state index is 0.101. The van der Waals surface area contributed by atoms with Crippen molar-refractivity contribution < 1.29 is 23.2 Å². The molecule has 0 radical (unpaired) electrons. The maximum absolute atomic E-state index is 13.8.